The van der Waals surface area contributed by atoms with E-state index in [9.17, 15) is 9.90 Å². The second-order valence-electron chi connectivity index (χ2n) is 4.66. The van der Waals surface area contributed by atoms with Gasteiger partial charge >= 0.3 is 5.97 Å². The SMILES string of the molecule is COC(=O)C1CCN1CC1CCC(O)C1. The fraction of sp³-hybridized carbons (Fsp3) is 0.909. The Morgan fingerprint density at radius 2 is 2.27 bits per heavy atom. The molecule has 1 N–H and O–H groups in total. The van der Waals surface area contributed by atoms with Crippen LogP contribution in [0.15, 0.2) is 0 Å². The third kappa shape index (κ3) is 2.32. The van der Waals surface area contributed by atoms with Crippen molar-refractivity contribution in [2.45, 2.75) is 37.8 Å². The fourth-order valence-electron chi connectivity index (χ4n) is 2.61. The number of aliphatic hydroxyl groups is 1. The Bertz CT molecular complexity index is 244. The predicted molar refractivity (Wildman–Crippen MR) is 55.3 cm³/mol. The molecule has 0 aromatic heterocycles. The largest absolute Gasteiger partial charge is 0.468 e. The molecule has 0 aromatic carbocycles. The minimum absolute atomic E-state index is 0.0206. The van der Waals surface area contributed by atoms with Crippen molar-refractivity contribution >= 4 is 5.97 Å². The monoisotopic (exact) mass is 213 g/mol. The average Bonchev–Trinajstić information content (AvgIpc) is 2.58. The zero-order chi connectivity index (χ0) is 10.8. The molecular weight excluding hydrogens is 194 g/mol. The lowest BCUT2D eigenvalue weighted by Crippen LogP contribution is -2.54. The molecule has 2 fully saturated rings. The van der Waals surface area contributed by atoms with Gasteiger partial charge < -0.3 is 9.84 Å². The summed E-state index contributed by atoms with van der Waals surface area (Å²) in [6.07, 6.45) is 3.70. The first kappa shape index (κ1) is 10.9. The van der Waals surface area contributed by atoms with Crippen LogP contribution < -0.4 is 0 Å². The van der Waals surface area contributed by atoms with Crippen molar-refractivity contribution in [1.82, 2.24) is 4.90 Å². The molecule has 1 heterocycles. The van der Waals surface area contributed by atoms with E-state index in [0.717, 1.165) is 38.8 Å². The number of carbonyl (C=O) groups is 1. The Balaban J connectivity index is 1.78. The normalized spacial score (nSPS) is 36.3. The first-order chi connectivity index (χ1) is 7.20. The number of ether oxygens (including phenoxy) is 1. The van der Waals surface area contributed by atoms with E-state index in [1.165, 1.54) is 7.11 Å². The summed E-state index contributed by atoms with van der Waals surface area (Å²) in [5.41, 5.74) is 0. The van der Waals surface area contributed by atoms with Crippen LogP contribution in [0.25, 0.3) is 0 Å². The number of likely N-dealkylation sites (tertiary alicyclic amines) is 1. The summed E-state index contributed by atoms with van der Waals surface area (Å²) in [6.45, 7) is 1.93. The van der Waals surface area contributed by atoms with Gasteiger partial charge in [0, 0.05) is 13.1 Å². The summed E-state index contributed by atoms with van der Waals surface area (Å²) in [5, 5.41) is 9.41. The van der Waals surface area contributed by atoms with E-state index in [1.807, 2.05) is 0 Å². The Kier molecular flexibility index (Phi) is 3.26. The summed E-state index contributed by atoms with van der Waals surface area (Å²) >= 11 is 0. The Morgan fingerprint density at radius 3 is 2.73 bits per heavy atom. The summed E-state index contributed by atoms with van der Waals surface area (Å²) in [6, 6.07) is -0.0206. The fourth-order valence-corrected chi connectivity index (χ4v) is 2.61. The van der Waals surface area contributed by atoms with Crippen molar-refractivity contribution in [1.29, 1.82) is 0 Å². The van der Waals surface area contributed by atoms with Gasteiger partial charge in [0.1, 0.15) is 6.04 Å². The van der Waals surface area contributed by atoms with Gasteiger partial charge in [0.15, 0.2) is 0 Å². The molecule has 0 spiro atoms. The van der Waals surface area contributed by atoms with Crippen LogP contribution in [0.4, 0.5) is 0 Å². The van der Waals surface area contributed by atoms with Crippen LogP contribution in [0.3, 0.4) is 0 Å². The van der Waals surface area contributed by atoms with Crippen LogP contribution in [0.5, 0.6) is 0 Å². The highest BCUT2D eigenvalue weighted by molar-refractivity contribution is 5.76. The number of aliphatic hydroxyl groups excluding tert-OH is 1. The van der Waals surface area contributed by atoms with Crippen molar-refractivity contribution in [2.24, 2.45) is 5.92 Å². The van der Waals surface area contributed by atoms with Crippen molar-refractivity contribution in [3.8, 4) is 0 Å². The van der Waals surface area contributed by atoms with Crippen LogP contribution in [-0.4, -0.2) is 48.3 Å². The number of hydrogen-bond donors (Lipinski definition) is 1. The number of methoxy groups -OCH3 is 1. The van der Waals surface area contributed by atoms with E-state index in [4.69, 9.17) is 4.74 Å². The highest BCUT2D eigenvalue weighted by Gasteiger charge is 2.37. The number of rotatable bonds is 3. The number of hydrogen-bond acceptors (Lipinski definition) is 4. The van der Waals surface area contributed by atoms with Crippen LogP contribution >= 0.6 is 0 Å². The molecule has 2 rings (SSSR count). The summed E-state index contributed by atoms with van der Waals surface area (Å²) in [7, 11) is 1.44. The van der Waals surface area contributed by atoms with Crippen LogP contribution in [0.1, 0.15) is 25.7 Å². The van der Waals surface area contributed by atoms with E-state index in [0.29, 0.717) is 5.92 Å². The molecule has 3 atom stereocenters. The topological polar surface area (TPSA) is 49.8 Å². The lowest BCUT2D eigenvalue weighted by molar-refractivity contribution is -0.152. The molecule has 1 aliphatic carbocycles. The maximum absolute atomic E-state index is 11.3. The summed E-state index contributed by atoms with van der Waals surface area (Å²) in [5.74, 6) is 0.451. The van der Waals surface area contributed by atoms with Gasteiger partial charge in [0.25, 0.3) is 0 Å². The molecule has 15 heavy (non-hydrogen) atoms. The van der Waals surface area contributed by atoms with E-state index in [1.54, 1.807) is 0 Å². The Labute approximate surface area is 90.2 Å². The molecule has 4 nitrogen and oxygen atoms in total. The van der Waals surface area contributed by atoms with E-state index < -0.39 is 0 Å². The number of carbonyl (C=O) groups excluding carboxylic acids is 1. The van der Waals surface area contributed by atoms with Crippen LogP contribution in [0.2, 0.25) is 0 Å². The first-order valence-electron chi connectivity index (χ1n) is 5.70. The van der Waals surface area contributed by atoms with Gasteiger partial charge in [-0.3, -0.25) is 9.69 Å². The zero-order valence-electron chi connectivity index (χ0n) is 9.19. The highest BCUT2D eigenvalue weighted by Crippen LogP contribution is 2.29. The van der Waals surface area contributed by atoms with Crippen LogP contribution in [-0.2, 0) is 9.53 Å². The lowest BCUT2D eigenvalue weighted by atomic mass is 9.99. The van der Waals surface area contributed by atoms with Gasteiger partial charge in [-0.1, -0.05) is 0 Å². The highest BCUT2D eigenvalue weighted by atomic mass is 16.5. The summed E-state index contributed by atoms with van der Waals surface area (Å²) < 4.78 is 4.74. The molecule has 0 radical (unpaired) electrons. The Hall–Kier alpha value is -0.610. The molecule has 1 aliphatic heterocycles. The van der Waals surface area contributed by atoms with Gasteiger partial charge in [0.2, 0.25) is 0 Å². The molecular formula is C11H19NO3. The first-order valence-corrected chi connectivity index (χ1v) is 5.70. The van der Waals surface area contributed by atoms with Gasteiger partial charge in [0.05, 0.1) is 13.2 Å². The van der Waals surface area contributed by atoms with Gasteiger partial charge in [-0.05, 0) is 31.6 Å². The third-order valence-electron chi connectivity index (χ3n) is 3.61. The summed E-state index contributed by atoms with van der Waals surface area (Å²) in [4.78, 5) is 13.5. The van der Waals surface area contributed by atoms with E-state index in [-0.39, 0.29) is 18.1 Å². The molecule has 0 aromatic rings. The lowest BCUT2D eigenvalue weighted by Gasteiger charge is -2.40. The minimum atomic E-state index is -0.118. The van der Waals surface area contributed by atoms with E-state index >= 15 is 0 Å². The molecule has 0 amide bonds. The molecule has 1 saturated carbocycles. The second kappa shape index (κ2) is 4.49. The van der Waals surface area contributed by atoms with Gasteiger partial charge in [-0.25, -0.2) is 0 Å². The maximum Gasteiger partial charge on any atom is 0.323 e. The maximum atomic E-state index is 11.3. The molecule has 1 saturated heterocycles. The molecule has 4 heteroatoms. The van der Waals surface area contributed by atoms with Crippen molar-refractivity contribution in [3.63, 3.8) is 0 Å². The standard InChI is InChI=1S/C11H19NO3/c1-15-11(14)10-4-5-12(10)7-8-2-3-9(13)6-8/h8-10,13H,2-7H2,1H3. The molecule has 2 aliphatic rings. The molecule has 0 bridgehead atoms. The quantitative estimate of drug-likeness (QED) is 0.689. The number of esters is 1. The smallest absolute Gasteiger partial charge is 0.323 e. The minimum Gasteiger partial charge on any atom is -0.468 e. The van der Waals surface area contributed by atoms with Gasteiger partial charge in [-0.15, -0.1) is 0 Å². The second-order valence-corrected chi connectivity index (χ2v) is 4.66. The third-order valence-corrected chi connectivity index (χ3v) is 3.61. The van der Waals surface area contributed by atoms with E-state index in [2.05, 4.69) is 4.90 Å². The number of nitrogens with zero attached hydrogens (tertiary/aromatic N) is 1. The van der Waals surface area contributed by atoms with Crippen molar-refractivity contribution < 1.29 is 14.6 Å². The van der Waals surface area contributed by atoms with Gasteiger partial charge in [-0.2, -0.15) is 0 Å². The molecule has 86 valence electrons. The molecule has 3 unspecified atom stereocenters. The van der Waals surface area contributed by atoms with Crippen LogP contribution in [0, 0.1) is 5.92 Å². The Morgan fingerprint density at radius 1 is 1.47 bits per heavy atom. The van der Waals surface area contributed by atoms with Crippen molar-refractivity contribution in [3.05, 3.63) is 0 Å². The zero-order valence-corrected chi connectivity index (χ0v) is 9.19. The van der Waals surface area contributed by atoms with Crippen molar-refractivity contribution in [2.75, 3.05) is 20.2 Å². The predicted octanol–water partition coefficient (Wildman–Crippen LogP) is 0.395. The average molecular weight is 213 g/mol.